The average molecular weight is 241 g/mol. The van der Waals surface area contributed by atoms with Gasteiger partial charge in [0.15, 0.2) is 0 Å². The quantitative estimate of drug-likeness (QED) is 0.667. The van der Waals surface area contributed by atoms with Gasteiger partial charge in [0, 0.05) is 39.2 Å². The number of carbonyl (C=O) groups is 2. The summed E-state index contributed by atoms with van der Waals surface area (Å²) in [5.41, 5.74) is 0. The highest BCUT2D eigenvalue weighted by Crippen LogP contribution is 2.37. The van der Waals surface area contributed by atoms with E-state index >= 15 is 0 Å². The second kappa shape index (κ2) is 4.64. The van der Waals surface area contributed by atoms with E-state index in [1.165, 1.54) is 13.8 Å². The van der Waals surface area contributed by atoms with Gasteiger partial charge in [0.25, 0.3) is 0 Å². The van der Waals surface area contributed by atoms with Gasteiger partial charge in [0.05, 0.1) is 6.04 Å². The summed E-state index contributed by atoms with van der Waals surface area (Å²) in [6.45, 7) is 2.87. The Kier molecular flexibility index (Phi) is 3.38. The van der Waals surface area contributed by atoms with Gasteiger partial charge < -0.3 is 9.47 Å². The van der Waals surface area contributed by atoms with Crippen LogP contribution in [0.15, 0.2) is 0 Å². The van der Waals surface area contributed by atoms with E-state index < -0.39 is 0 Å². The van der Waals surface area contributed by atoms with Gasteiger partial charge in [-0.3, -0.25) is 14.5 Å². The Morgan fingerprint density at radius 1 is 1.06 bits per heavy atom. The third kappa shape index (κ3) is 2.60. The lowest BCUT2D eigenvalue weighted by Crippen LogP contribution is -2.45. The molecule has 2 fully saturated rings. The van der Waals surface area contributed by atoms with Crippen LogP contribution in [0.2, 0.25) is 0 Å². The van der Waals surface area contributed by atoms with Crippen LogP contribution in [0.1, 0.15) is 33.1 Å². The van der Waals surface area contributed by atoms with Crippen molar-refractivity contribution < 1.29 is 19.1 Å². The van der Waals surface area contributed by atoms with Crippen LogP contribution in [0.3, 0.4) is 0 Å². The molecule has 5 heteroatoms. The molecule has 0 N–H and O–H groups in total. The van der Waals surface area contributed by atoms with Gasteiger partial charge in [-0.15, -0.1) is 0 Å². The topological polar surface area (TPSA) is 55.8 Å². The molecule has 2 saturated heterocycles. The fraction of sp³-hybridized carbons (Fsp3) is 0.833. The number of rotatable bonds is 2. The smallest absolute Gasteiger partial charge is 0.302 e. The number of likely N-dealkylation sites (N-methyl/N-ethyl adjacent to an activating group) is 1. The fourth-order valence-corrected chi connectivity index (χ4v) is 3.04. The number of hydrogen-bond donors (Lipinski definition) is 0. The first-order chi connectivity index (χ1) is 7.97. The number of hydrogen-bond acceptors (Lipinski definition) is 5. The Morgan fingerprint density at radius 3 is 2.29 bits per heavy atom. The van der Waals surface area contributed by atoms with E-state index in [4.69, 9.17) is 9.47 Å². The highest BCUT2D eigenvalue weighted by atomic mass is 16.6. The summed E-state index contributed by atoms with van der Waals surface area (Å²) in [4.78, 5) is 24.2. The highest BCUT2D eigenvalue weighted by Gasteiger charge is 2.47. The largest absolute Gasteiger partial charge is 0.462 e. The summed E-state index contributed by atoms with van der Waals surface area (Å²) >= 11 is 0. The van der Waals surface area contributed by atoms with Gasteiger partial charge in [-0.05, 0) is 7.05 Å². The van der Waals surface area contributed by atoms with E-state index in [9.17, 15) is 9.59 Å². The van der Waals surface area contributed by atoms with Crippen molar-refractivity contribution in [3.63, 3.8) is 0 Å². The van der Waals surface area contributed by atoms with Crippen molar-refractivity contribution in [2.45, 2.75) is 57.4 Å². The van der Waals surface area contributed by atoms with Crippen molar-refractivity contribution in [1.82, 2.24) is 4.90 Å². The van der Waals surface area contributed by atoms with Crippen LogP contribution < -0.4 is 0 Å². The SMILES string of the molecule is CC(=O)O[C@H]1CC2C[C@H](OC(C)=O)C(C1)N2C. The van der Waals surface area contributed by atoms with Crippen LogP contribution in [0.4, 0.5) is 0 Å². The van der Waals surface area contributed by atoms with Gasteiger partial charge >= 0.3 is 11.9 Å². The summed E-state index contributed by atoms with van der Waals surface area (Å²) in [6, 6.07) is 0.532. The summed E-state index contributed by atoms with van der Waals surface area (Å²) in [5, 5.41) is 0. The first-order valence-corrected chi connectivity index (χ1v) is 6.03. The number of fused-ring (bicyclic) bond motifs is 2. The van der Waals surface area contributed by atoms with Crippen molar-refractivity contribution in [3.05, 3.63) is 0 Å². The maximum absolute atomic E-state index is 11.0. The lowest BCUT2D eigenvalue weighted by atomic mass is 10.0. The van der Waals surface area contributed by atoms with Crippen LogP contribution in [0.5, 0.6) is 0 Å². The van der Waals surface area contributed by atoms with E-state index in [1.807, 2.05) is 7.05 Å². The Labute approximate surface area is 101 Å². The zero-order valence-corrected chi connectivity index (χ0v) is 10.5. The van der Waals surface area contributed by atoms with Crippen molar-refractivity contribution >= 4 is 11.9 Å². The predicted molar refractivity (Wildman–Crippen MR) is 60.3 cm³/mol. The fourth-order valence-electron chi connectivity index (χ4n) is 3.04. The van der Waals surface area contributed by atoms with Crippen molar-refractivity contribution in [1.29, 1.82) is 0 Å². The average Bonchev–Trinajstić information content (AvgIpc) is 2.40. The van der Waals surface area contributed by atoms with Crippen LogP contribution >= 0.6 is 0 Å². The molecule has 0 aromatic carbocycles. The summed E-state index contributed by atoms with van der Waals surface area (Å²) < 4.78 is 10.6. The summed E-state index contributed by atoms with van der Waals surface area (Å²) in [5.74, 6) is -0.469. The highest BCUT2D eigenvalue weighted by molar-refractivity contribution is 5.66. The van der Waals surface area contributed by atoms with E-state index in [0.717, 1.165) is 19.3 Å². The molecule has 96 valence electrons. The zero-order chi connectivity index (χ0) is 12.6. The Balaban J connectivity index is 2.01. The molecule has 2 unspecified atom stereocenters. The molecular formula is C12H19NO4. The Hall–Kier alpha value is -1.10. The van der Waals surface area contributed by atoms with Crippen LogP contribution in [-0.2, 0) is 19.1 Å². The van der Waals surface area contributed by atoms with Gasteiger partial charge in [0.2, 0.25) is 0 Å². The third-order valence-electron chi connectivity index (χ3n) is 3.72. The van der Waals surface area contributed by atoms with Gasteiger partial charge in [-0.25, -0.2) is 0 Å². The normalized spacial score (nSPS) is 36.6. The molecule has 2 aliphatic rings. The standard InChI is InChI=1S/C12H19NO4/c1-7(14)16-10-4-9-5-12(17-8(2)15)11(6-10)13(9)3/h9-12H,4-6H2,1-3H3/t9?,10-,11?,12-/m0/s1. The van der Waals surface area contributed by atoms with E-state index in [-0.39, 0.29) is 30.2 Å². The monoisotopic (exact) mass is 241 g/mol. The molecule has 5 nitrogen and oxygen atoms in total. The molecular weight excluding hydrogens is 222 g/mol. The molecule has 2 heterocycles. The van der Waals surface area contributed by atoms with Crippen molar-refractivity contribution in [3.8, 4) is 0 Å². The number of ether oxygens (including phenoxy) is 2. The minimum absolute atomic E-state index is 0.0285. The molecule has 0 spiro atoms. The van der Waals surface area contributed by atoms with Gasteiger partial charge in [0.1, 0.15) is 12.2 Å². The third-order valence-corrected chi connectivity index (χ3v) is 3.72. The molecule has 0 aromatic rings. The molecule has 2 aliphatic heterocycles. The molecule has 0 radical (unpaired) electrons. The van der Waals surface area contributed by atoms with Gasteiger partial charge in [-0.2, -0.15) is 0 Å². The van der Waals surface area contributed by atoms with Crippen LogP contribution in [0, 0.1) is 0 Å². The maximum atomic E-state index is 11.0. The van der Waals surface area contributed by atoms with Gasteiger partial charge in [-0.1, -0.05) is 0 Å². The van der Waals surface area contributed by atoms with E-state index in [0.29, 0.717) is 6.04 Å². The van der Waals surface area contributed by atoms with Crippen LogP contribution in [-0.4, -0.2) is 48.2 Å². The predicted octanol–water partition coefficient (Wildman–Crippen LogP) is 0.716. The maximum Gasteiger partial charge on any atom is 0.302 e. The second-order valence-corrected chi connectivity index (χ2v) is 4.97. The van der Waals surface area contributed by atoms with Crippen molar-refractivity contribution in [2.75, 3.05) is 7.05 Å². The molecule has 2 rings (SSSR count). The molecule has 2 bridgehead atoms. The van der Waals surface area contributed by atoms with E-state index in [1.54, 1.807) is 0 Å². The molecule has 17 heavy (non-hydrogen) atoms. The van der Waals surface area contributed by atoms with Crippen LogP contribution in [0.25, 0.3) is 0 Å². The number of carbonyl (C=O) groups excluding carboxylic acids is 2. The molecule has 0 aliphatic carbocycles. The first-order valence-electron chi connectivity index (χ1n) is 6.03. The number of nitrogens with zero attached hydrogens (tertiary/aromatic N) is 1. The Morgan fingerprint density at radius 2 is 1.71 bits per heavy atom. The van der Waals surface area contributed by atoms with Crippen molar-refractivity contribution in [2.24, 2.45) is 0 Å². The Bertz CT molecular complexity index is 328. The molecule has 0 amide bonds. The van der Waals surface area contributed by atoms with E-state index in [2.05, 4.69) is 4.90 Å². The molecule has 4 atom stereocenters. The molecule has 0 saturated carbocycles. The zero-order valence-electron chi connectivity index (χ0n) is 10.5. The second-order valence-electron chi connectivity index (χ2n) is 4.97. The number of piperidine rings is 1. The minimum Gasteiger partial charge on any atom is -0.462 e. The minimum atomic E-state index is -0.236. The first kappa shape index (κ1) is 12.4. The summed E-state index contributed by atoms with van der Waals surface area (Å²) in [6.07, 6.45) is 2.36. The lowest BCUT2D eigenvalue weighted by Gasteiger charge is -2.36. The number of esters is 2. The lowest BCUT2D eigenvalue weighted by molar-refractivity contribution is -0.153. The summed E-state index contributed by atoms with van der Waals surface area (Å²) in [7, 11) is 2.04. The molecule has 0 aromatic heterocycles.